The highest BCUT2D eigenvalue weighted by molar-refractivity contribution is 6.00. The molecule has 1 aromatic heterocycles. The van der Waals surface area contributed by atoms with Gasteiger partial charge in [-0.1, -0.05) is 30.3 Å². The molecule has 0 amide bonds. The van der Waals surface area contributed by atoms with Gasteiger partial charge in [0.2, 0.25) is 0 Å². The number of para-hydroxylation sites is 1. The van der Waals surface area contributed by atoms with E-state index in [-0.39, 0.29) is 25.6 Å². The number of benzene rings is 2. The third kappa shape index (κ3) is 4.61. The Morgan fingerprint density at radius 1 is 1.00 bits per heavy atom. The van der Waals surface area contributed by atoms with Crippen molar-refractivity contribution < 1.29 is 23.8 Å². The fraction of sp³-hybridized carbons (Fsp3) is 0.407. The lowest BCUT2D eigenvalue weighted by atomic mass is 9.74. The molecule has 1 unspecified atom stereocenters. The van der Waals surface area contributed by atoms with Crippen LogP contribution in [0.15, 0.2) is 48.5 Å². The van der Waals surface area contributed by atoms with Crippen LogP contribution in [0.3, 0.4) is 0 Å². The molecular weight excluding hydrogens is 418 g/mol. The molecule has 0 saturated carbocycles. The largest absolute Gasteiger partial charge is 0.497 e. The Hall–Kier alpha value is -3.28. The smallest absolute Gasteiger partial charge is 0.323 e. The predicted octanol–water partition coefficient (Wildman–Crippen LogP) is 5.15. The molecule has 6 heteroatoms. The molecule has 6 nitrogen and oxygen atoms in total. The van der Waals surface area contributed by atoms with Gasteiger partial charge in [-0.3, -0.25) is 9.59 Å². The van der Waals surface area contributed by atoms with Crippen molar-refractivity contribution in [1.82, 2.24) is 4.57 Å². The molecule has 0 radical (unpaired) electrons. The second-order valence-electron chi connectivity index (χ2n) is 8.38. The van der Waals surface area contributed by atoms with E-state index >= 15 is 0 Å². The Morgan fingerprint density at radius 2 is 1.64 bits per heavy atom. The van der Waals surface area contributed by atoms with E-state index in [0.29, 0.717) is 5.75 Å². The first kappa shape index (κ1) is 24.4. The van der Waals surface area contributed by atoms with Crippen LogP contribution in [0, 0.1) is 12.3 Å². The molecule has 1 heterocycles. The van der Waals surface area contributed by atoms with Crippen LogP contribution in [0.1, 0.15) is 49.9 Å². The maximum Gasteiger partial charge on any atom is 0.323 e. The van der Waals surface area contributed by atoms with Gasteiger partial charge >= 0.3 is 11.9 Å². The molecule has 2 aromatic carbocycles. The normalized spacial score (nSPS) is 12.4. The van der Waals surface area contributed by atoms with Gasteiger partial charge in [-0.05, 0) is 63.4 Å². The number of aromatic nitrogens is 1. The molecule has 0 aliphatic heterocycles. The second-order valence-corrected chi connectivity index (χ2v) is 8.38. The lowest BCUT2D eigenvalue weighted by Crippen LogP contribution is -2.41. The van der Waals surface area contributed by atoms with Crippen LogP contribution in [-0.4, -0.2) is 36.8 Å². The number of ether oxygens (including phenoxy) is 3. The molecule has 1 atom stereocenters. The average Bonchev–Trinajstić information content (AvgIpc) is 3.07. The summed E-state index contributed by atoms with van der Waals surface area (Å²) in [5.41, 5.74) is 2.71. The van der Waals surface area contributed by atoms with E-state index in [1.807, 2.05) is 43.4 Å². The van der Waals surface area contributed by atoms with Gasteiger partial charge in [-0.25, -0.2) is 0 Å². The van der Waals surface area contributed by atoms with E-state index in [1.165, 1.54) is 0 Å². The first-order valence-electron chi connectivity index (χ1n) is 11.3. The molecule has 3 aromatic rings. The van der Waals surface area contributed by atoms with Gasteiger partial charge in [0.25, 0.3) is 0 Å². The molecule has 0 aliphatic rings. The monoisotopic (exact) mass is 451 g/mol. The number of rotatable bonds is 9. The second kappa shape index (κ2) is 10.1. The van der Waals surface area contributed by atoms with Crippen LogP contribution in [0.5, 0.6) is 5.75 Å². The lowest BCUT2D eigenvalue weighted by Gasteiger charge is -2.30. The van der Waals surface area contributed by atoms with Crippen LogP contribution in [0.4, 0.5) is 0 Å². The number of hydrogen-bond acceptors (Lipinski definition) is 5. The zero-order valence-corrected chi connectivity index (χ0v) is 20.3. The van der Waals surface area contributed by atoms with Crippen molar-refractivity contribution in [3.8, 4) is 5.75 Å². The SMILES string of the molecule is CCOC(=O)C(C)(CC(c1cccc(OC)c1)c1c(C)n(C)c2ccccc12)C(=O)OCC. The molecule has 0 bridgehead atoms. The topological polar surface area (TPSA) is 66.8 Å². The summed E-state index contributed by atoms with van der Waals surface area (Å²) in [7, 11) is 3.65. The minimum Gasteiger partial charge on any atom is -0.497 e. The van der Waals surface area contributed by atoms with E-state index in [9.17, 15) is 9.59 Å². The van der Waals surface area contributed by atoms with Crippen LogP contribution in [0.25, 0.3) is 10.9 Å². The van der Waals surface area contributed by atoms with E-state index in [0.717, 1.165) is 27.7 Å². The summed E-state index contributed by atoms with van der Waals surface area (Å²) in [6.45, 7) is 7.52. The molecule has 33 heavy (non-hydrogen) atoms. The average molecular weight is 452 g/mol. The third-order valence-corrected chi connectivity index (χ3v) is 6.36. The van der Waals surface area contributed by atoms with Crippen LogP contribution in [-0.2, 0) is 26.1 Å². The summed E-state index contributed by atoms with van der Waals surface area (Å²) in [5, 5.41) is 1.08. The number of esters is 2. The Kier molecular flexibility index (Phi) is 7.46. The molecule has 0 N–H and O–H groups in total. The van der Waals surface area contributed by atoms with Crippen molar-refractivity contribution in [2.24, 2.45) is 12.5 Å². The van der Waals surface area contributed by atoms with Crippen molar-refractivity contribution >= 4 is 22.8 Å². The highest BCUT2D eigenvalue weighted by Crippen LogP contribution is 2.43. The maximum atomic E-state index is 13.1. The number of nitrogens with zero attached hydrogens (tertiary/aromatic N) is 1. The predicted molar refractivity (Wildman–Crippen MR) is 128 cm³/mol. The van der Waals surface area contributed by atoms with Crippen LogP contribution in [0.2, 0.25) is 0 Å². The van der Waals surface area contributed by atoms with E-state index in [2.05, 4.69) is 23.6 Å². The standard InChI is InChI=1S/C27H33NO5/c1-7-32-25(29)27(4,26(30)33-8-2)17-22(19-12-11-13-20(16-19)31-6)24-18(3)28(5)23-15-10-9-14-21(23)24/h9-16,22H,7-8,17H2,1-6H3. The Labute approximate surface area is 195 Å². The number of carbonyl (C=O) groups is 2. The highest BCUT2D eigenvalue weighted by Gasteiger charge is 2.47. The molecule has 0 aliphatic carbocycles. The number of fused-ring (bicyclic) bond motifs is 1. The molecular formula is C27H33NO5. The van der Waals surface area contributed by atoms with E-state index in [4.69, 9.17) is 14.2 Å². The maximum absolute atomic E-state index is 13.1. The van der Waals surface area contributed by atoms with E-state index < -0.39 is 17.4 Å². The molecule has 0 fully saturated rings. The van der Waals surface area contributed by atoms with Gasteiger partial charge in [0.15, 0.2) is 5.41 Å². The zero-order chi connectivity index (χ0) is 24.2. The summed E-state index contributed by atoms with van der Waals surface area (Å²) in [6, 6.07) is 15.9. The Morgan fingerprint density at radius 3 is 2.24 bits per heavy atom. The fourth-order valence-electron chi connectivity index (χ4n) is 4.47. The summed E-state index contributed by atoms with van der Waals surface area (Å²) in [6.07, 6.45) is 0.201. The first-order chi connectivity index (χ1) is 15.8. The van der Waals surface area contributed by atoms with Crippen LogP contribution >= 0.6 is 0 Å². The van der Waals surface area contributed by atoms with Gasteiger partial charge in [0.05, 0.1) is 20.3 Å². The fourth-order valence-corrected chi connectivity index (χ4v) is 4.47. The molecule has 3 rings (SSSR count). The minimum absolute atomic E-state index is 0.185. The van der Waals surface area contributed by atoms with Crippen molar-refractivity contribution in [3.63, 3.8) is 0 Å². The Bertz CT molecular complexity index is 1130. The summed E-state index contributed by atoms with van der Waals surface area (Å²) >= 11 is 0. The summed E-state index contributed by atoms with van der Waals surface area (Å²) < 4.78 is 18.3. The van der Waals surface area contributed by atoms with Gasteiger partial charge < -0.3 is 18.8 Å². The highest BCUT2D eigenvalue weighted by atomic mass is 16.6. The minimum atomic E-state index is -1.47. The van der Waals surface area contributed by atoms with Crippen molar-refractivity contribution in [3.05, 3.63) is 65.4 Å². The molecule has 0 saturated heterocycles. The first-order valence-corrected chi connectivity index (χ1v) is 11.3. The number of methoxy groups -OCH3 is 1. The number of carbonyl (C=O) groups excluding carboxylic acids is 2. The molecule has 0 spiro atoms. The zero-order valence-electron chi connectivity index (χ0n) is 20.3. The van der Waals surface area contributed by atoms with Gasteiger partial charge in [0.1, 0.15) is 5.75 Å². The van der Waals surface area contributed by atoms with Crippen LogP contribution < -0.4 is 4.74 Å². The van der Waals surface area contributed by atoms with Gasteiger partial charge in [0, 0.05) is 29.6 Å². The van der Waals surface area contributed by atoms with Gasteiger partial charge in [-0.2, -0.15) is 0 Å². The van der Waals surface area contributed by atoms with Crippen molar-refractivity contribution in [2.75, 3.05) is 20.3 Å². The third-order valence-electron chi connectivity index (χ3n) is 6.36. The Balaban J connectivity index is 2.25. The number of hydrogen-bond donors (Lipinski definition) is 0. The lowest BCUT2D eigenvalue weighted by molar-refractivity contribution is -0.171. The van der Waals surface area contributed by atoms with E-state index in [1.54, 1.807) is 27.9 Å². The molecule has 176 valence electrons. The van der Waals surface area contributed by atoms with Gasteiger partial charge in [-0.15, -0.1) is 0 Å². The van der Waals surface area contributed by atoms with Crippen molar-refractivity contribution in [2.45, 2.75) is 40.0 Å². The quantitative estimate of drug-likeness (QED) is 0.332. The summed E-state index contributed by atoms with van der Waals surface area (Å²) in [5.74, 6) is -0.710. The summed E-state index contributed by atoms with van der Waals surface area (Å²) in [4.78, 5) is 26.2. The number of aryl methyl sites for hydroxylation is 1. The van der Waals surface area contributed by atoms with Crippen molar-refractivity contribution in [1.29, 1.82) is 0 Å².